The van der Waals surface area contributed by atoms with Crippen molar-refractivity contribution in [2.24, 2.45) is 0 Å². The number of H-pyrrole nitrogens is 1. The van der Waals surface area contributed by atoms with E-state index < -0.39 is 17.7 Å². The molecule has 7 heteroatoms. The standard InChI is InChI=1S/C30H29N3O4/c1-4-32(5-2)20-12-14-21(15-13-20)33-27(19-10-16-22(37-3)17-11-19)26(29(35)30(33)36)28(34)24-18-31-25-9-7-6-8-23(24)25/h6-18,27,31,34H,4-5H2,1-3H3/b28-26-. The summed E-state index contributed by atoms with van der Waals surface area (Å²) in [7, 11) is 1.58. The molecule has 1 unspecified atom stereocenters. The highest BCUT2D eigenvalue weighted by Gasteiger charge is 2.47. The maximum Gasteiger partial charge on any atom is 0.300 e. The van der Waals surface area contributed by atoms with Gasteiger partial charge in [-0.1, -0.05) is 30.3 Å². The largest absolute Gasteiger partial charge is 0.507 e. The summed E-state index contributed by atoms with van der Waals surface area (Å²) in [4.78, 5) is 33.8. The molecule has 37 heavy (non-hydrogen) atoms. The van der Waals surface area contributed by atoms with E-state index in [2.05, 4.69) is 23.7 Å². The average Bonchev–Trinajstić information content (AvgIpc) is 3.48. The molecule has 4 aromatic rings. The third-order valence-electron chi connectivity index (χ3n) is 6.98. The summed E-state index contributed by atoms with van der Waals surface area (Å²) in [5, 5.41) is 12.3. The normalized spacial score (nSPS) is 16.9. The first kappa shape index (κ1) is 24.2. The zero-order valence-corrected chi connectivity index (χ0v) is 21.1. The monoisotopic (exact) mass is 495 g/mol. The minimum atomic E-state index is -0.807. The first-order chi connectivity index (χ1) is 18.0. The Morgan fingerprint density at radius 3 is 2.30 bits per heavy atom. The summed E-state index contributed by atoms with van der Waals surface area (Å²) in [5.41, 5.74) is 3.65. The van der Waals surface area contributed by atoms with E-state index in [1.54, 1.807) is 25.4 Å². The number of ketones is 1. The van der Waals surface area contributed by atoms with Crippen molar-refractivity contribution in [3.63, 3.8) is 0 Å². The van der Waals surface area contributed by atoms with Crippen molar-refractivity contribution in [2.75, 3.05) is 30.0 Å². The smallest absolute Gasteiger partial charge is 0.300 e. The van der Waals surface area contributed by atoms with Crippen LogP contribution in [-0.2, 0) is 9.59 Å². The Morgan fingerprint density at radius 2 is 1.65 bits per heavy atom. The minimum Gasteiger partial charge on any atom is -0.507 e. The number of benzene rings is 3. The van der Waals surface area contributed by atoms with Gasteiger partial charge in [0.25, 0.3) is 11.7 Å². The molecule has 188 valence electrons. The molecule has 7 nitrogen and oxygen atoms in total. The highest BCUT2D eigenvalue weighted by molar-refractivity contribution is 6.51. The van der Waals surface area contributed by atoms with Gasteiger partial charge in [-0.3, -0.25) is 14.5 Å². The van der Waals surface area contributed by atoms with E-state index in [-0.39, 0.29) is 11.3 Å². The SMILES string of the molecule is CCN(CC)c1ccc(N2C(=O)C(=O)/C(=C(\O)c3c[nH]c4ccccc34)C2c2ccc(OC)cc2)cc1. The average molecular weight is 496 g/mol. The molecule has 1 atom stereocenters. The molecular formula is C30H29N3O4. The summed E-state index contributed by atoms with van der Waals surface area (Å²) in [6.07, 6.45) is 1.66. The van der Waals surface area contributed by atoms with Crippen LogP contribution in [0.25, 0.3) is 16.7 Å². The summed E-state index contributed by atoms with van der Waals surface area (Å²) in [6, 6.07) is 21.5. The molecule has 2 N–H and O–H groups in total. The highest BCUT2D eigenvalue weighted by Crippen LogP contribution is 2.43. The van der Waals surface area contributed by atoms with E-state index in [1.807, 2.05) is 60.7 Å². The van der Waals surface area contributed by atoms with Crippen molar-refractivity contribution in [3.8, 4) is 5.75 Å². The zero-order valence-electron chi connectivity index (χ0n) is 21.1. The molecule has 5 rings (SSSR count). The number of carbonyl (C=O) groups excluding carboxylic acids is 2. The van der Waals surface area contributed by atoms with Crippen LogP contribution in [0.1, 0.15) is 31.0 Å². The number of Topliss-reactive ketones (excluding diaryl/α,β-unsaturated/α-hetero) is 1. The Hall–Kier alpha value is -4.52. The predicted octanol–water partition coefficient (Wildman–Crippen LogP) is 5.65. The van der Waals surface area contributed by atoms with E-state index in [9.17, 15) is 14.7 Å². The number of aromatic nitrogens is 1. The number of rotatable bonds is 7. The second-order valence-electron chi connectivity index (χ2n) is 8.88. The Kier molecular flexibility index (Phi) is 6.44. The van der Waals surface area contributed by atoms with E-state index in [1.165, 1.54) is 4.90 Å². The van der Waals surface area contributed by atoms with Gasteiger partial charge in [-0.2, -0.15) is 0 Å². The minimum absolute atomic E-state index is 0.0488. The van der Waals surface area contributed by atoms with Gasteiger partial charge in [0.05, 0.1) is 18.7 Å². The Balaban J connectivity index is 1.67. The number of aliphatic hydroxyl groups is 1. The number of hydrogen-bond donors (Lipinski definition) is 2. The van der Waals surface area contributed by atoms with Crippen molar-refractivity contribution in [1.29, 1.82) is 0 Å². The third-order valence-corrected chi connectivity index (χ3v) is 6.98. The quantitative estimate of drug-likeness (QED) is 0.197. The van der Waals surface area contributed by atoms with Gasteiger partial charge in [0, 0.05) is 47.1 Å². The van der Waals surface area contributed by atoms with E-state index in [4.69, 9.17) is 4.74 Å². The number of nitrogens with zero attached hydrogens (tertiary/aromatic N) is 2. The van der Waals surface area contributed by atoms with Gasteiger partial charge >= 0.3 is 0 Å². The number of carbonyl (C=O) groups is 2. The second-order valence-corrected chi connectivity index (χ2v) is 8.88. The van der Waals surface area contributed by atoms with Gasteiger partial charge in [-0.15, -0.1) is 0 Å². The number of aliphatic hydroxyl groups excluding tert-OH is 1. The Bertz CT molecular complexity index is 1480. The first-order valence-corrected chi connectivity index (χ1v) is 12.3. The van der Waals surface area contributed by atoms with Crippen LogP contribution in [0.15, 0.2) is 84.6 Å². The van der Waals surface area contributed by atoms with Gasteiger partial charge in [-0.25, -0.2) is 0 Å². The molecule has 1 aliphatic heterocycles. The number of methoxy groups -OCH3 is 1. The van der Waals surface area contributed by atoms with Crippen LogP contribution in [0.4, 0.5) is 11.4 Å². The Morgan fingerprint density at radius 1 is 0.973 bits per heavy atom. The van der Waals surface area contributed by atoms with Gasteiger partial charge in [0.1, 0.15) is 11.5 Å². The van der Waals surface area contributed by atoms with Crippen LogP contribution in [0.5, 0.6) is 5.75 Å². The maximum absolute atomic E-state index is 13.5. The number of ether oxygens (including phenoxy) is 1. The van der Waals surface area contributed by atoms with Crippen LogP contribution in [0, 0.1) is 0 Å². The summed E-state index contributed by atoms with van der Waals surface area (Å²) in [5.74, 6) is -0.964. The molecule has 0 saturated carbocycles. The number of fused-ring (bicyclic) bond motifs is 1. The van der Waals surface area contributed by atoms with Crippen LogP contribution in [-0.4, -0.2) is 42.0 Å². The molecule has 3 aromatic carbocycles. The van der Waals surface area contributed by atoms with E-state index in [0.29, 0.717) is 22.6 Å². The fourth-order valence-corrected chi connectivity index (χ4v) is 5.03. The van der Waals surface area contributed by atoms with Crippen LogP contribution < -0.4 is 14.5 Å². The van der Waals surface area contributed by atoms with Crippen molar-refractivity contribution in [2.45, 2.75) is 19.9 Å². The van der Waals surface area contributed by atoms with Crippen molar-refractivity contribution in [3.05, 3.63) is 95.7 Å². The van der Waals surface area contributed by atoms with Gasteiger partial charge in [0.15, 0.2) is 0 Å². The second kappa shape index (κ2) is 9.85. The molecule has 0 radical (unpaired) electrons. The number of hydrogen-bond acceptors (Lipinski definition) is 5. The molecule has 1 aliphatic rings. The summed E-state index contributed by atoms with van der Waals surface area (Å²) >= 11 is 0. The number of amides is 1. The predicted molar refractivity (Wildman–Crippen MR) is 146 cm³/mol. The third kappa shape index (κ3) is 4.12. The Labute approximate surface area is 215 Å². The van der Waals surface area contributed by atoms with Crippen LogP contribution >= 0.6 is 0 Å². The number of aromatic amines is 1. The molecule has 0 spiro atoms. The number of nitrogens with one attached hydrogen (secondary N) is 1. The number of anilines is 2. The lowest BCUT2D eigenvalue weighted by molar-refractivity contribution is -0.132. The van der Waals surface area contributed by atoms with Crippen LogP contribution in [0.2, 0.25) is 0 Å². The van der Waals surface area contributed by atoms with Gasteiger partial charge < -0.3 is 19.7 Å². The fraction of sp³-hybridized carbons (Fsp3) is 0.200. The van der Waals surface area contributed by atoms with Gasteiger partial charge in [-0.05, 0) is 61.9 Å². The van der Waals surface area contributed by atoms with Crippen LogP contribution in [0.3, 0.4) is 0 Å². The number of para-hydroxylation sites is 1. The molecule has 1 amide bonds. The molecule has 0 aliphatic carbocycles. The summed E-state index contributed by atoms with van der Waals surface area (Å²) < 4.78 is 5.31. The highest BCUT2D eigenvalue weighted by atomic mass is 16.5. The molecule has 2 heterocycles. The molecule has 1 fully saturated rings. The lowest BCUT2D eigenvalue weighted by Gasteiger charge is -2.27. The van der Waals surface area contributed by atoms with Gasteiger partial charge in [0.2, 0.25) is 0 Å². The van der Waals surface area contributed by atoms with Crippen molar-refractivity contribution in [1.82, 2.24) is 4.98 Å². The molecule has 1 saturated heterocycles. The lowest BCUT2D eigenvalue weighted by Crippen LogP contribution is -2.29. The topological polar surface area (TPSA) is 85.9 Å². The molecular weight excluding hydrogens is 466 g/mol. The molecule has 0 bridgehead atoms. The van der Waals surface area contributed by atoms with Crippen molar-refractivity contribution >= 4 is 39.7 Å². The lowest BCUT2D eigenvalue weighted by atomic mass is 9.95. The van der Waals surface area contributed by atoms with Crippen molar-refractivity contribution < 1.29 is 19.4 Å². The van der Waals surface area contributed by atoms with E-state index in [0.717, 1.165) is 29.7 Å². The summed E-state index contributed by atoms with van der Waals surface area (Å²) in [6.45, 7) is 5.89. The maximum atomic E-state index is 13.5. The fourth-order valence-electron chi connectivity index (χ4n) is 5.03. The molecule has 1 aromatic heterocycles. The first-order valence-electron chi connectivity index (χ1n) is 12.3. The zero-order chi connectivity index (χ0) is 26.1. The van der Waals surface area contributed by atoms with E-state index >= 15 is 0 Å².